The minimum Gasteiger partial charge on any atom is -0.360 e. The Kier molecular flexibility index (Phi) is 3.97. The number of aliphatic imine (C=N–C) groups is 1. The standard InChI is InChI=1S/C12H19N3/c1-2-8-15(9-3-1)10-7-13-11-12-5-4-6-14-12/h4-6,11,14H,1-3,7-10H2. The van der Waals surface area contributed by atoms with Gasteiger partial charge in [-0.2, -0.15) is 0 Å². The predicted molar refractivity (Wildman–Crippen MR) is 63.5 cm³/mol. The molecule has 1 fully saturated rings. The Morgan fingerprint density at radius 1 is 1.33 bits per heavy atom. The van der Waals surface area contributed by atoms with E-state index in [9.17, 15) is 0 Å². The summed E-state index contributed by atoms with van der Waals surface area (Å²) >= 11 is 0. The van der Waals surface area contributed by atoms with Gasteiger partial charge in [-0.3, -0.25) is 4.99 Å². The van der Waals surface area contributed by atoms with E-state index in [-0.39, 0.29) is 0 Å². The van der Waals surface area contributed by atoms with Crippen LogP contribution in [0, 0.1) is 0 Å². The van der Waals surface area contributed by atoms with Crippen molar-refractivity contribution < 1.29 is 0 Å². The van der Waals surface area contributed by atoms with E-state index in [0.29, 0.717) is 0 Å². The number of rotatable bonds is 4. The Morgan fingerprint density at radius 2 is 2.20 bits per heavy atom. The van der Waals surface area contributed by atoms with Crippen molar-refractivity contribution in [3.63, 3.8) is 0 Å². The average molecular weight is 205 g/mol. The molecular weight excluding hydrogens is 186 g/mol. The highest BCUT2D eigenvalue weighted by Gasteiger charge is 2.08. The summed E-state index contributed by atoms with van der Waals surface area (Å²) in [4.78, 5) is 10.0. The van der Waals surface area contributed by atoms with Crippen LogP contribution in [0.15, 0.2) is 23.3 Å². The molecule has 2 heterocycles. The van der Waals surface area contributed by atoms with Crippen molar-refractivity contribution in [2.24, 2.45) is 4.99 Å². The molecule has 1 N–H and O–H groups in total. The van der Waals surface area contributed by atoms with Gasteiger partial charge in [0.1, 0.15) is 0 Å². The number of likely N-dealkylation sites (tertiary alicyclic amines) is 1. The van der Waals surface area contributed by atoms with Gasteiger partial charge in [0.2, 0.25) is 0 Å². The maximum atomic E-state index is 4.41. The molecule has 0 unspecified atom stereocenters. The fourth-order valence-electron chi connectivity index (χ4n) is 1.97. The maximum absolute atomic E-state index is 4.41. The van der Waals surface area contributed by atoms with Crippen molar-refractivity contribution in [2.75, 3.05) is 26.2 Å². The SMILES string of the molecule is C(=NCCN1CCCCC1)c1ccc[nH]1. The molecule has 3 nitrogen and oxygen atoms in total. The smallest absolute Gasteiger partial charge is 0.0561 e. The lowest BCUT2D eigenvalue weighted by Crippen LogP contribution is -2.31. The van der Waals surface area contributed by atoms with Gasteiger partial charge in [0.15, 0.2) is 0 Å². The quantitative estimate of drug-likeness (QED) is 0.748. The highest BCUT2D eigenvalue weighted by Crippen LogP contribution is 2.07. The van der Waals surface area contributed by atoms with Gasteiger partial charge in [-0.15, -0.1) is 0 Å². The number of aromatic nitrogens is 1. The zero-order chi connectivity index (χ0) is 10.3. The van der Waals surface area contributed by atoms with E-state index in [1.54, 1.807) is 0 Å². The summed E-state index contributed by atoms with van der Waals surface area (Å²) in [6.07, 6.45) is 7.97. The molecule has 0 bridgehead atoms. The lowest BCUT2D eigenvalue weighted by atomic mass is 10.1. The van der Waals surface area contributed by atoms with Crippen molar-refractivity contribution in [1.82, 2.24) is 9.88 Å². The molecule has 82 valence electrons. The molecular formula is C12H19N3. The average Bonchev–Trinajstić information content (AvgIpc) is 2.79. The van der Waals surface area contributed by atoms with Gasteiger partial charge in [0.25, 0.3) is 0 Å². The van der Waals surface area contributed by atoms with Crippen LogP contribution in [0.4, 0.5) is 0 Å². The van der Waals surface area contributed by atoms with Gasteiger partial charge >= 0.3 is 0 Å². The molecule has 1 aromatic rings. The molecule has 0 spiro atoms. The van der Waals surface area contributed by atoms with Crippen LogP contribution in [0.1, 0.15) is 25.0 Å². The molecule has 0 aromatic carbocycles. The molecule has 0 amide bonds. The third-order valence-electron chi connectivity index (χ3n) is 2.85. The maximum Gasteiger partial charge on any atom is 0.0561 e. The van der Waals surface area contributed by atoms with Gasteiger partial charge in [-0.1, -0.05) is 6.42 Å². The summed E-state index contributed by atoms with van der Waals surface area (Å²) in [5.41, 5.74) is 1.09. The van der Waals surface area contributed by atoms with Crippen molar-refractivity contribution >= 4 is 6.21 Å². The number of nitrogens with one attached hydrogen (secondary N) is 1. The van der Waals surface area contributed by atoms with Gasteiger partial charge < -0.3 is 9.88 Å². The first-order valence-electron chi connectivity index (χ1n) is 5.81. The lowest BCUT2D eigenvalue weighted by molar-refractivity contribution is 0.235. The van der Waals surface area contributed by atoms with Crippen LogP contribution in [-0.2, 0) is 0 Å². The van der Waals surface area contributed by atoms with E-state index in [4.69, 9.17) is 0 Å². The van der Waals surface area contributed by atoms with E-state index >= 15 is 0 Å². The van der Waals surface area contributed by atoms with E-state index in [2.05, 4.69) is 14.9 Å². The number of aromatic amines is 1. The number of hydrogen-bond donors (Lipinski definition) is 1. The largest absolute Gasteiger partial charge is 0.360 e. The van der Waals surface area contributed by atoms with Crippen LogP contribution < -0.4 is 0 Å². The Hall–Kier alpha value is -1.09. The first-order chi connectivity index (χ1) is 7.45. The Bertz CT molecular complexity index is 284. The molecule has 1 saturated heterocycles. The summed E-state index contributed by atoms with van der Waals surface area (Å²) < 4.78 is 0. The fraction of sp³-hybridized carbons (Fsp3) is 0.583. The Balaban J connectivity index is 1.65. The molecule has 1 aliphatic rings. The fourth-order valence-corrected chi connectivity index (χ4v) is 1.97. The molecule has 1 aromatic heterocycles. The molecule has 2 rings (SSSR count). The van der Waals surface area contributed by atoms with E-state index in [0.717, 1.165) is 18.8 Å². The molecule has 15 heavy (non-hydrogen) atoms. The van der Waals surface area contributed by atoms with E-state index < -0.39 is 0 Å². The summed E-state index contributed by atoms with van der Waals surface area (Å²) in [6, 6.07) is 4.02. The number of piperidine rings is 1. The highest BCUT2D eigenvalue weighted by atomic mass is 15.1. The van der Waals surface area contributed by atoms with E-state index in [1.165, 1.54) is 32.4 Å². The van der Waals surface area contributed by atoms with Crippen LogP contribution in [0.2, 0.25) is 0 Å². The molecule has 3 heteroatoms. The summed E-state index contributed by atoms with van der Waals surface area (Å²) in [6.45, 7) is 4.55. The first-order valence-corrected chi connectivity index (χ1v) is 5.81. The molecule has 0 radical (unpaired) electrons. The molecule has 1 aliphatic heterocycles. The molecule has 0 saturated carbocycles. The van der Waals surface area contributed by atoms with E-state index in [1.807, 2.05) is 24.5 Å². The summed E-state index contributed by atoms with van der Waals surface area (Å²) in [5.74, 6) is 0. The van der Waals surface area contributed by atoms with Crippen molar-refractivity contribution in [3.8, 4) is 0 Å². The van der Waals surface area contributed by atoms with Crippen LogP contribution in [-0.4, -0.2) is 42.3 Å². The Labute approximate surface area is 91.2 Å². The second-order valence-electron chi connectivity index (χ2n) is 4.06. The second-order valence-corrected chi connectivity index (χ2v) is 4.06. The predicted octanol–water partition coefficient (Wildman–Crippen LogP) is 1.92. The summed E-state index contributed by atoms with van der Waals surface area (Å²) in [7, 11) is 0. The zero-order valence-corrected chi connectivity index (χ0v) is 9.15. The summed E-state index contributed by atoms with van der Waals surface area (Å²) in [5, 5.41) is 0. The van der Waals surface area contributed by atoms with Crippen molar-refractivity contribution in [1.29, 1.82) is 0 Å². The van der Waals surface area contributed by atoms with Crippen LogP contribution in [0.5, 0.6) is 0 Å². The molecule has 0 atom stereocenters. The number of H-pyrrole nitrogens is 1. The van der Waals surface area contributed by atoms with Crippen LogP contribution in [0.3, 0.4) is 0 Å². The minimum atomic E-state index is 0.916. The van der Waals surface area contributed by atoms with Crippen LogP contribution >= 0.6 is 0 Å². The third-order valence-corrected chi connectivity index (χ3v) is 2.85. The van der Waals surface area contributed by atoms with Gasteiger partial charge in [0.05, 0.1) is 12.2 Å². The van der Waals surface area contributed by atoms with Crippen molar-refractivity contribution in [3.05, 3.63) is 24.0 Å². The zero-order valence-electron chi connectivity index (χ0n) is 9.15. The highest BCUT2D eigenvalue weighted by molar-refractivity contribution is 5.76. The molecule has 0 aliphatic carbocycles. The van der Waals surface area contributed by atoms with Gasteiger partial charge in [-0.05, 0) is 38.1 Å². The lowest BCUT2D eigenvalue weighted by Gasteiger charge is -2.25. The normalized spacial score (nSPS) is 18.7. The second kappa shape index (κ2) is 5.71. The van der Waals surface area contributed by atoms with Gasteiger partial charge in [-0.25, -0.2) is 0 Å². The monoisotopic (exact) mass is 205 g/mol. The van der Waals surface area contributed by atoms with Crippen LogP contribution in [0.25, 0.3) is 0 Å². The number of nitrogens with zero attached hydrogens (tertiary/aromatic N) is 2. The topological polar surface area (TPSA) is 31.4 Å². The Morgan fingerprint density at radius 3 is 2.93 bits per heavy atom. The first kappa shape index (κ1) is 10.4. The van der Waals surface area contributed by atoms with Crippen molar-refractivity contribution in [2.45, 2.75) is 19.3 Å². The van der Waals surface area contributed by atoms with Gasteiger partial charge in [0, 0.05) is 19.0 Å². The minimum absolute atomic E-state index is 0.916. The number of hydrogen-bond acceptors (Lipinski definition) is 2. The third kappa shape index (κ3) is 3.51.